The number of aryl methyl sites for hydroxylation is 2. The Morgan fingerprint density at radius 1 is 1.53 bits per heavy atom. The van der Waals surface area contributed by atoms with Gasteiger partial charge in [-0.05, 0) is 41.3 Å². The minimum Gasteiger partial charge on any atom is -0.271 e. The predicted octanol–water partition coefficient (Wildman–Crippen LogP) is 2.22. The fraction of sp³-hybridized carbons (Fsp3) is 0.417. The molecule has 5 heteroatoms. The van der Waals surface area contributed by atoms with Crippen LogP contribution in [0.3, 0.4) is 0 Å². The maximum Gasteiger partial charge on any atom is 0.0888 e. The largest absolute Gasteiger partial charge is 0.271 e. The summed E-state index contributed by atoms with van der Waals surface area (Å²) in [4.78, 5) is 0. The third-order valence-electron chi connectivity index (χ3n) is 2.85. The summed E-state index contributed by atoms with van der Waals surface area (Å²) in [5.41, 5.74) is 6.51. The second kappa shape index (κ2) is 5.44. The summed E-state index contributed by atoms with van der Waals surface area (Å²) in [5, 5.41) is 8.62. The van der Waals surface area contributed by atoms with Crippen molar-refractivity contribution >= 4 is 11.3 Å². The summed E-state index contributed by atoms with van der Waals surface area (Å²) in [6.07, 6.45) is 2.89. The van der Waals surface area contributed by atoms with Crippen molar-refractivity contribution in [2.75, 3.05) is 0 Å². The lowest BCUT2D eigenvalue weighted by molar-refractivity contribution is 0.520. The van der Waals surface area contributed by atoms with Gasteiger partial charge >= 0.3 is 0 Å². The van der Waals surface area contributed by atoms with Crippen molar-refractivity contribution in [1.82, 2.24) is 15.2 Å². The van der Waals surface area contributed by atoms with E-state index in [-0.39, 0.29) is 6.04 Å². The average molecular weight is 250 g/mol. The van der Waals surface area contributed by atoms with Crippen molar-refractivity contribution in [3.63, 3.8) is 0 Å². The van der Waals surface area contributed by atoms with Crippen LogP contribution in [0.1, 0.15) is 36.2 Å². The van der Waals surface area contributed by atoms with Crippen LogP contribution in [0.25, 0.3) is 0 Å². The van der Waals surface area contributed by atoms with Gasteiger partial charge in [-0.15, -0.1) is 0 Å². The Hall–Kier alpha value is -1.17. The Morgan fingerprint density at radius 3 is 2.94 bits per heavy atom. The number of thiophene rings is 1. The van der Waals surface area contributed by atoms with Crippen molar-refractivity contribution in [2.24, 2.45) is 5.84 Å². The summed E-state index contributed by atoms with van der Waals surface area (Å²) in [7, 11) is 0. The third kappa shape index (κ3) is 2.41. The maximum absolute atomic E-state index is 5.70. The molecule has 0 amide bonds. The highest BCUT2D eigenvalue weighted by Crippen LogP contribution is 2.26. The van der Waals surface area contributed by atoms with Crippen molar-refractivity contribution in [1.29, 1.82) is 0 Å². The van der Waals surface area contributed by atoms with Crippen molar-refractivity contribution in [2.45, 2.75) is 32.9 Å². The van der Waals surface area contributed by atoms with E-state index in [1.807, 2.05) is 16.9 Å². The first-order chi connectivity index (χ1) is 8.27. The molecule has 2 rings (SSSR count). The second-order valence-corrected chi connectivity index (χ2v) is 4.83. The van der Waals surface area contributed by atoms with E-state index in [2.05, 4.69) is 35.1 Å². The predicted molar refractivity (Wildman–Crippen MR) is 70.7 cm³/mol. The molecule has 0 fully saturated rings. The summed E-state index contributed by atoms with van der Waals surface area (Å²) in [6.45, 7) is 5.17. The first kappa shape index (κ1) is 12.3. The molecule has 4 nitrogen and oxygen atoms in total. The van der Waals surface area contributed by atoms with Gasteiger partial charge in [-0.25, -0.2) is 5.43 Å². The number of aromatic nitrogens is 2. The first-order valence-corrected chi connectivity index (χ1v) is 6.72. The van der Waals surface area contributed by atoms with E-state index in [1.54, 1.807) is 11.3 Å². The SMILES string of the molecule is CCCn1nccc1C(NN)c1cscc1C. The summed E-state index contributed by atoms with van der Waals surface area (Å²) in [6, 6.07) is 2.05. The third-order valence-corrected chi connectivity index (χ3v) is 3.73. The molecule has 92 valence electrons. The average Bonchev–Trinajstić information content (AvgIpc) is 2.92. The molecule has 0 saturated carbocycles. The van der Waals surface area contributed by atoms with Crippen LogP contribution in [0.4, 0.5) is 0 Å². The van der Waals surface area contributed by atoms with E-state index in [1.165, 1.54) is 11.1 Å². The van der Waals surface area contributed by atoms with E-state index in [9.17, 15) is 0 Å². The lowest BCUT2D eigenvalue weighted by atomic mass is 10.0. The van der Waals surface area contributed by atoms with Crippen LogP contribution in [0.5, 0.6) is 0 Å². The summed E-state index contributed by atoms with van der Waals surface area (Å²) in [5.74, 6) is 5.70. The van der Waals surface area contributed by atoms with Gasteiger partial charge in [0.15, 0.2) is 0 Å². The number of nitrogens with one attached hydrogen (secondary N) is 1. The molecule has 0 spiro atoms. The minimum atomic E-state index is 0.0234. The lowest BCUT2D eigenvalue weighted by Gasteiger charge is -2.17. The van der Waals surface area contributed by atoms with Crippen LogP contribution in [0.2, 0.25) is 0 Å². The molecule has 0 bridgehead atoms. The maximum atomic E-state index is 5.70. The summed E-state index contributed by atoms with van der Waals surface area (Å²) < 4.78 is 2.02. The van der Waals surface area contributed by atoms with Gasteiger partial charge in [0, 0.05) is 12.7 Å². The van der Waals surface area contributed by atoms with Gasteiger partial charge in [0.2, 0.25) is 0 Å². The van der Waals surface area contributed by atoms with Gasteiger partial charge in [0.25, 0.3) is 0 Å². The number of hydrogen-bond donors (Lipinski definition) is 2. The highest BCUT2D eigenvalue weighted by atomic mass is 32.1. The van der Waals surface area contributed by atoms with E-state index >= 15 is 0 Å². The highest BCUT2D eigenvalue weighted by molar-refractivity contribution is 7.08. The van der Waals surface area contributed by atoms with E-state index in [0.29, 0.717) is 0 Å². The number of nitrogens with two attached hydrogens (primary N) is 1. The zero-order chi connectivity index (χ0) is 12.3. The fourth-order valence-electron chi connectivity index (χ4n) is 1.99. The Kier molecular flexibility index (Phi) is 3.93. The van der Waals surface area contributed by atoms with Crippen LogP contribution in [-0.4, -0.2) is 9.78 Å². The molecule has 1 unspecified atom stereocenters. The Labute approximate surface area is 105 Å². The number of hydrazine groups is 1. The molecule has 0 aliphatic heterocycles. The molecule has 2 heterocycles. The molecular formula is C12H18N4S. The van der Waals surface area contributed by atoms with Gasteiger partial charge in [-0.1, -0.05) is 6.92 Å². The van der Waals surface area contributed by atoms with Gasteiger partial charge in [-0.3, -0.25) is 10.5 Å². The highest BCUT2D eigenvalue weighted by Gasteiger charge is 2.18. The monoisotopic (exact) mass is 250 g/mol. The Morgan fingerprint density at radius 2 is 2.35 bits per heavy atom. The minimum absolute atomic E-state index is 0.0234. The first-order valence-electron chi connectivity index (χ1n) is 5.78. The molecule has 17 heavy (non-hydrogen) atoms. The molecule has 0 saturated heterocycles. The molecule has 2 aromatic heterocycles. The van der Waals surface area contributed by atoms with E-state index in [4.69, 9.17) is 5.84 Å². The fourth-order valence-corrected chi connectivity index (χ4v) is 2.86. The molecule has 0 aliphatic rings. The van der Waals surface area contributed by atoms with Crippen LogP contribution in [0.15, 0.2) is 23.0 Å². The smallest absolute Gasteiger partial charge is 0.0888 e. The number of nitrogens with zero attached hydrogens (tertiary/aromatic N) is 2. The number of rotatable bonds is 5. The van der Waals surface area contributed by atoms with E-state index < -0.39 is 0 Å². The van der Waals surface area contributed by atoms with Crippen molar-refractivity contribution in [3.05, 3.63) is 39.8 Å². The molecule has 0 aromatic carbocycles. The van der Waals surface area contributed by atoms with Crippen molar-refractivity contribution < 1.29 is 0 Å². The zero-order valence-electron chi connectivity index (χ0n) is 10.2. The molecule has 0 radical (unpaired) electrons. The van der Waals surface area contributed by atoms with Crippen LogP contribution in [0, 0.1) is 6.92 Å². The van der Waals surface area contributed by atoms with Gasteiger partial charge in [0.1, 0.15) is 0 Å². The molecular weight excluding hydrogens is 232 g/mol. The van der Waals surface area contributed by atoms with E-state index in [0.717, 1.165) is 18.7 Å². The number of hydrogen-bond acceptors (Lipinski definition) is 4. The van der Waals surface area contributed by atoms with Crippen LogP contribution in [-0.2, 0) is 6.54 Å². The van der Waals surface area contributed by atoms with Gasteiger partial charge in [0.05, 0.1) is 11.7 Å². The van der Waals surface area contributed by atoms with Gasteiger partial charge in [-0.2, -0.15) is 16.4 Å². The van der Waals surface area contributed by atoms with Crippen LogP contribution < -0.4 is 11.3 Å². The Balaban J connectivity index is 2.35. The topological polar surface area (TPSA) is 55.9 Å². The summed E-state index contributed by atoms with van der Waals surface area (Å²) >= 11 is 1.70. The molecule has 0 aliphatic carbocycles. The normalized spacial score (nSPS) is 12.9. The zero-order valence-corrected chi connectivity index (χ0v) is 11.0. The Bertz CT molecular complexity index is 474. The lowest BCUT2D eigenvalue weighted by Crippen LogP contribution is -2.30. The quantitative estimate of drug-likeness (QED) is 0.632. The van der Waals surface area contributed by atoms with Crippen molar-refractivity contribution in [3.8, 4) is 0 Å². The second-order valence-electron chi connectivity index (χ2n) is 4.09. The van der Waals surface area contributed by atoms with Gasteiger partial charge < -0.3 is 0 Å². The molecule has 2 aromatic rings. The molecule has 1 atom stereocenters. The standard InChI is InChI=1S/C12H18N4S/c1-3-6-16-11(4-5-14-16)12(15-13)10-8-17-7-9(10)2/h4-5,7-8,12,15H,3,6,13H2,1-2H3. The molecule has 3 N–H and O–H groups in total. The van der Waals surface area contributed by atoms with Crippen LogP contribution >= 0.6 is 11.3 Å².